The van der Waals surface area contributed by atoms with Crippen molar-refractivity contribution in [1.29, 1.82) is 0 Å². The molecule has 0 atom stereocenters. The highest BCUT2D eigenvalue weighted by molar-refractivity contribution is 5.54. The maximum atomic E-state index is 13.1. The van der Waals surface area contributed by atoms with Crippen LogP contribution >= 0.6 is 0 Å². The van der Waals surface area contributed by atoms with Crippen LogP contribution in [0.2, 0.25) is 0 Å². The molecule has 4 nitrogen and oxygen atoms in total. The minimum atomic E-state index is -0.666. The number of halogens is 2. The van der Waals surface area contributed by atoms with Crippen LogP contribution in [0.5, 0.6) is 0 Å². The van der Waals surface area contributed by atoms with E-state index in [2.05, 4.69) is 36.2 Å². The molecule has 1 N–H and O–H groups in total. The van der Waals surface area contributed by atoms with Crippen molar-refractivity contribution in [2.75, 3.05) is 6.54 Å². The Bertz CT molecular complexity index is 570. The van der Waals surface area contributed by atoms with Crippen LogP contribution < -0.4 is 5.32 Å². The highest BCUT2D eigenvalue weighted by Crippen LogP contribution is 2.18. The Hall–Kier alpha value is -1.82. The molecule has 2 aromatic rings. The van der Waals surface area contributed by atoms with Gasteiger partial charge in [-0.1, -0.05) is 5.16 Å². The summed E-state index contributed by atoms with van der Waals surface area (Å²) in [5, 5.41) is 7.03. The number of hydrogen-bond acceptors (Lipinski definition) is 4. The molecule has 0 aliphatic carbocycles. The van der Waals surface area contributed by atoms with E-state index in [1.54, 1.807) is 0 Å². The van der Waals surface area contributed by atoms with Crippen molar-refractivity contribution in [1.82, 2.24) is 15.5 Å². The molecule has 1 heterocycles. The molecule has 0 unspecified atom stereocenters. The zero-order chi connectivity index (χ0) is 14.8. The van der Waals surface area contributed by atoms with Crippen molar-refractivity contribution >= 4 is 0 Å². The van der Waals surface area contributed by atoms with Gasteiger partial charge >= 0.3 is 0 Å². The maximum Gasteiger partial charge on any atom is 0.228 e. The molecule has 0 saturated heterocycles. The zero-order valence-corrected chi connectivity index (χ0v) is 11.7. The van der Waals surface area contributed by atoms with Gasteiger partial charge in [-0.25, -0.2) is 8.78 Å². The standard InChI is InChI=1S/C14H17F2N3O/c1-14(2,3)17-5-4-12-18-13(19-20-12)9-6-10(15)8-11(16)7-9/h6-8,17H,4-5H2,1-3H3. The Kier molecular flexibility index (Phi) is 4.13. The molecule has 6 heteroatoms. The SMILES string of the molecule is CC(C)(C)NCCc1nc(-c2cc(F)cc(F)c2)no1. The van der Waals surface area contributed by atoms with E-state index in [9.17, 15) is 8.78 Å². The molecule has 0 saturated carbocycles. The summed E-state index contributed by atoms with van der Waals surface area (Å²) < 4.78 is 31.3. The largest absolute Gasteiger partial charge is 0.339 e. The maximum absolute atomic E-state index is 13.1. The Balaban J connectivity index is 2.05. The Morgan fingerprint density at radius 3 is 2.40 bits per heavy atom. The summed E-state index contributed by atoms with van der Waals surface area (Å²) in [6.07, 6.45) is 0.558. The van der Waals surface area contributed by atoms with Gasteiger partial charge in [0.05, 0.1) is 0 Å². The molecular formula is C14H17F2N3O. The summed E-state index contributed by atoms with van der Waals surface area (Å²) in [6, 6.07) is 3.15. The van der Waals surface area contributed by atoms with E-state index in [0.717, 1.165) is 6.07 Å². The van der Waals surface area contributed by atoms with Crippen LogP contribution in [0.25, 0.3) is 11.4 Å². The summed E-state index contributed by atoms with van der Waals surface area (Å²) in [6.45, 7) is 6.86. The Morgan fingerprint density at radius 2 is 1.80 bits per heavy atom. The summed E-state index contributed by atoms with van der Waals surface area (Å²) in [4.78, 5) is 4.13. The quantitative estimate of drug-likeness (QED) is 0.936. The molecule has 1 aromatic heterocycles. The summed E-state index contributed by atoms with van der Waals surface area (Å²) in [7, 11) is 0. The number of aromatic nitrogens is 2. The van der Waals surface area contributed by atoms with Gasteiger partial charge in [0.15, 0.2) is 0 Å². The van der Waals surface area contributed by atoms with Crippen LogP contribution in [0.1, 0.15) is 26.7 Å². The second-order valence-corrected chi connectivity index (χ2v) is 5.60. The first-order valence-corrected chi connectivity index (χ1v) is 6.37. The summed E-state index contributed by atoms with van der Waals surface area (Å²) >= 11 is 0. The van der Waals surface area contributed by atoms with Gasteiger partial charge in [-0.2, -0.15) is 4.98 Å². The molecule has 108 valence electrons. The number of nitrogens with one attached hydrogen (secondary N) is 1. The van der Waals surface area contributed by atoms with Crippen molar-refractivity contribution < 1.29 is 13.3 Å². The van der Waals surface area contributed by atoms with E-state index in [-0.39, 0.29) is 16.9 Å². The van der Waals surface area contributed by atoms with E-state index in [4.69, 9.17) is 4.52 Å². The smallest absolute Gasteiger partial charge is 0.228 e. The van der Waals surface area contributed by atoms with E-state index < -0.39 is 11.6 Å². The molecule has 0 bridgehead atoms. The predicted molar refractivity (Wildman–Crippen MR) is 71.1 cm³/mol. The van der Waals surface area contributed by atoms with Crippen molar-refractivity contribution in [3.05, 3.63) is 35.7 Å². The molecule has 20 heavy (non-hydrogen) atoms. The highest BCUT2D eigenvalue weighted by atomic mass is 19.1. The molecule has 0 spiro atoms. The van der Waals surface area contributed by atoms with E-state index in [1.807, 2.05) is 0 Å². The lowest BCUT2D eigenvalue weighted by molar-refractivity contribution is 0.362. The second kappa shape index (κ2) is 5.66. The Morgan fingerprint density at radius 1 is 1.15 bits per heavy atom. The van der Waals surface area contributed by atoms with Gasteiger partial charge in [0.1, 0.15) is 11.6 Å². The number of hydrogen-bond donors (Lipinski definition) is 1. The minimum absolute atomic E-state index is 0.00847. The highest BCUT2D eigenvalue weighted by Gasteiger charge is 2.12. The molecule has 0 aliphatic rings. The fraction of sp³-hybridized carbons (Fsp3) is 0.429. The van der Waals surface area contributed by atoms with Crippen LogP contribution in [0.15, 0.2) is 22.7 Å². The normalized spacial score (nSPS) is 11.8. The molecule has 0 amide bonds. The van der Waals surface area contributed by atoms with Crippen LogP contribution in [0, 0.1) is 11.6 Å². The lowest BCUT2D eigenvalue weighted by Crippen LogP contribution is -2.37. The average molecular weight is 281 g/mol. The Labute approximate surface area is 116 Å². The van der Waals surface area contributed by atoms with Crippen LogP contribution in [0.4, 0.5) is 8.78 Å². The minimum Gasteiger partial charge on any atom is -0.339 e. The average Bonchev–Trinajstić information content (AvgIpc) is 2.74. The van der Waals surface area contributed by atoms with Crippen LogP contribution in [-0.2, 0) is 6.42 Å². The van der Waals surface area contributed by atoms with Crippen LogP contribution in [0.3, 0.4) is 0 Å². The summed E-state index contributed by atoms with van der Waals surface area (Å²) in [5.74, 6) is -0.711. The molecular weight excluding hydrogens is 264 g/mol. The van der Waals surface area contributed by atoms with Crippen LogP contribution in [-0.4, -0.2) is 22.2 Å². The van der Waals surface area contributed by atoms with Gasteiger partial charge in [-0.05, 0) is 32.9 Å². The molecule has 0 aliphatic heterocycles. The van der Waals surface area contributed by atoms with E-state index in [1.165, 1.54) is 12.1 Å². The fourth-order valence-corrected chi connectivity index (χ4v) is 1.70. The van der Waals surface area contributed by atoms with E-state index in [0.29, 0.717) is 18.9 Å². The third-order valence-electron chi connectivity index (χ3n) is 2.58. The van der Waals surface area contributed by atoms with Gasteiger partial charge in [0.2, 0.25) is 11.7 Å². The lowest BCUT2D eigenvalue weighted by atomic mass is 10.1. The molecule has 0 fully saturated rings. The van der Waals surface area contributed by atoms with Crippen molar-refractivity contribution in [3.63, 3.8) is 0 Å². The third kappa shape index (κ3) is 4.09. The number of nitrogens with zero attached hydrogens (tertiary/aromatic N) is 2. The molecule has 1 aromatic carbocycles. The first kappa shape index (κ1) is 14.6. The number of benzene rings is 1. The van der Waals surface area contributed by atoms with Gasteiger partial charge in [-0.3, -0.25) is 0 Å². The van der Waals surface area contributed by atoms with Gasteiger partial charge in [0, 0.05) is 30.1 Å². The first-order chi connectivity index (χ1) is 9.33. The first-order valence-electron chi connectivity index (χ1n) is 6.37. The van der Waals surface area contributed by atoms with Gasteiger partial charge < -0.3 is 9.84 Å². The fourth-order valence-electron chi connectivity index (χ4n) is 1.70. The number of rotatable bonds is 4. The van der Waals surface area contributed by atoms with Crippen molar-refractivity contribution in [3.8, 4) is 11.4 Å². The zero-order valence-electron chi connectivity index (χ0n) is 11.7. The second-order valence-electron chi connectivity index (χ2n) is 5.60. The third-order valence-corrected chi connectivity index (χ3v) is 2.58. The van der Waals surface area contributed by atoms with E-state index >= 15 is 0 Å². The predicted octanol–water partition coefficient (Wildman–Crippen LogP) is 2.95. The van der Waals surface area contributed by atoms with Gasteiger partial charge in [-0.15, -0.1) is 0 Å². The molecule has 2 rings (SSSR count). The molecule has 0 radical (unpaired) electrons. The lowest BCUT2D eigenvalue weighted by Gasteiger charge is -2.19. The van der Waals surface area contributed by atoms with Crippen molar-refractivity contribution in [2.24, 2.45) is 0 Å². The van der Waals surface area contributed by atoms with Crippen molar-refractivity contribution in [2.45, 2.75) is 32.7 Å². The monoisotopic (exact) mass is 281 g/mol. The summed E-state index contributed by atoms with van der Waals surface area (Å²) in [5.41, 5.74) is 0.274. The topological polar surface area (TPSA) is 51.0 Å². The van der Waals surface area contributed by atoms with Gasteiger partial charge in [0.25, 0.3) is 0 Å².